The molecule has 3 atom stereocenters. The minimum absolute atomic E-state index is 0.0199. The molecule has 1 aliphatic carbocycles. The van der Waals surface area contributed by atoms with Crippen molar-refractivity contribution in [1.29, 1.82) is 0 Å². The summed E-state index contributed by atoms with van der Waals surface area (Å²) in [6.07, 6.45) is 3.44. The average Bonchev–Trinajstić information content (AvgIpc) is 2.76. The number of carboxylic acid groups (broad SMARTS) is 1. The number of carboxylic acids is 1. The molecule has 1 unspecified atom stereocenters. The summed E-state index contributed by atoms with van der Waals surface area (Å²) >= 11 is 0. The third-order valence-corrected chi connectivity index (χ3v) is 4.20. The van der Waals surface area contributed by atoms with Crippen LogP contribution < -0.4 is 5.32 Å². The van der Waals surface area contributed by atoms with Gasteiger partial charge in [0.25, 0.3) is 0 Å². The van der Waals surface area contributed by atoms with E-state index >= 15 is 0 Å². The van der Waals surface area contributed by atoms with Crippen LogP contribution in [0.2, 0.25) is 0 Å². The largest absolute Gasteiger partial charge is 0.481 e. The molecule has 1 aliphatic heterocycles. The van der Waals surface area contributed by atoms with Crippen molar-refractivity contribution >= 4 is 11.9 Å². The molecule has 1 saturated carbocycles. The van der Waals surface area contributed by atoms with Crippen molar-refractivity contribution in [2.45, 2.75) is 57.6 Å². The topological polar surface area (TPSA) is 75.6 Å². The van der Waals surface area contributed by atoms with Gasteiger partial charge in [-0.2, -0.15) is 0 Å². The number of carbonyl (C=O) groups is 2. The maximum Gasteiger partial charge on any atom is 0.306 e. The highest BCUT2D eigenvalue weighted by Crippen LogP contribution is 2.32. The fourth-order valence-corrected chi connectivity index (χ4v) is 3.12. The fraction of sp³-hybridized carbons (Fsp3) is 0.857. The van der Waals surface area contributed by atoms with Crippen LogP contribution in [0.3, 0.4) is 0 Å². The summed E-state index contributed by atoms with van der Waals surface area (Å²) in [4.78, 5) is 23.0. The van der Waals surface area contributed by atoms with Crippen molar-refractivity contribution in [1.82, 2.24) is 5.32 Å². The van der Waals surface area contributed by atoms with Gasteiger partial charge >= 0.3 is 5.97 Å². The minimum atomic E-state index is -0.775. The zero-order valence-corrected chi connectivity index (χ0v) is 11.6. The van der Waals surface area contributed by atoms with Gasteiger partial charge in [-0.15, -0.1) is 0 Å². The lowest BCUT2D eigenvalue weighted by atomic mass is 9.93. The molecule has 2 rings (SSSR count). The standard InChI is InChI=1S/C14H23NO4/c1-14(2)8-11(5-6-19-14)15-12(16)9-3-4-10(7-9)13(17)18/h9-11H,3-8H2,1-2H3,(H,15,16)(H,17,18)/t9-,10+,11?/m1/s1. The van der Waals surface area contributed by atoms with Crippen LogP contribution in [0.1, 0.15) is 46.0 Å². The van der Waals surface area contributed by atoms with E-state index in [0.717, 1.165) is 12.8 Å². The van der Waals surface area contributed by atoms with Crippen molar-refractivity contribution in [3.8, 4) is 0 Å². The predicted octanol–water partition coefficient (Wildman–Crippen LogP) is 1.56. The van der Waals surface area contributed by atoms with E-state index in [-0.39, 0.29) is 29.4 Å². The monoisotopic (exact) mass is 269 g/mol. The van der Waals surface area contributed by atoms with E-state index in [9.17, 15) is 9.59 Å². The first-order chi connectivity index (χ1) is 8.87. The van der Waals surface area contributed by atoms with Gasteiger partial charge in [0, 0.05) is 18.6 Å². The van der Waals surface area contributed by atoms with Crippen molar-refractivity contribution in [2.75, 3.05) is 6.61 Å². The second-order valence-corrected chi connectivity index (χ2v) is 6.35. The van der Waals surface area contributed by atoms with Crippen molar-refractivity contribution in [3.05, 3.63) is 0 Å². The summed E-state index contributed by atoms with van der Waals surface area (Å²) < 4.78 is 5.62. The molecule has 0 aromatic carbocycles. The molecule has 5 heteroatoms. The highest BCUT2D eigenvalue weighted by Gasteiger charge is 2.36. The quantitative estimate of drug-likeness (QED) is 0.815. The summed E-state index contributed by atoms with van der Waals surface area (Å²) in [5.74, 6) is -1.23. The molecule has 5 nitrogen and oxygen atoms in total. The van der Waals surface area contributed by atoms with E-state index in [1.54, 1.807) is 0 Å². The molecule has 0 bridgehead atoms. The van der Waals surface area contributed by atoms with Crippen LogP contribution in [0.25, 0.3) is 0 Å². The first kappa shape index (κ1) is 14.3. The molecule has 0 aromatic rings. The number of hydrogen-bond donors (Lipinski definition) is 2. The Morgan fingerprint density at radius 2 is 1.89 bits per heavy atom. The van der Waals surface area contributed by atoms with Crippen molar-refractivity contribution in [2.24, 2.45) is 11.8 Å². The average molecular weight is 269 g/mol. The number of hydrogen-bond acceptors (Lipinski definition) is 3. The number of ether oxygens (including phenoxy) is 1. The van der Waals surface area contributed by atoms with Gasteiger partial charge in [-0.1, -0.05) is 0 Å². The van der Waals surface area contributed by atoms with E-state index in [0.29, 0.717) is 25.9 Å². The number of nitrogens with one attached hydrogen (secondary N) is 1. The van der Waals surface area contributed by atoms with E-state index in [4.69, 9.17) is 9.84 Å². The SMILES string of the molecule is CC1(C)CC(NC(=O)[C@@H]2CC[C@H](C(=O)O)C2)CCO1. The Bertz CT molecular complexity index is 366. The fourth-order valence-electron chi connectivity index (χ4n) is 3.12. The van der Waals surface area contributed by atoms with Crippen LogP contribution in [-0.2, 0) is 14.3 Å². The number of carbonyl (C=O) groups excluding carboxylic acids is 1. The summed E-state index contributed by atoms with van der Waals surface area (Å²) in [5, 5.41) is 12.0. The van der Waals surface area contributed by atoms with E-state index in [1.807, 2.05) is 13.8 Å². The Kier molecular flexibility index (Phi) is 4.13. The first-order valence-corrected chi connectivity index (χ1v) is 7.04. The van der Waals surface area contributed by atoms with Crippen LogP contribution in [0.4, 0.5) is 0 Å². The molecule has 2 fully saturated rings. The molecule has 1 saturated heterocycles. The zero-order valence-electron chi connectivity index (χ0n) is 11.6. The van der Waals surface area contributed by atoms with Gasteiger partial charge in [0.2, 0.25) is 5.91 Å². The van der Waals surface area contributed by atoms with Crippen LogP contribution >= 0.6 is 0 Å². The molecule has 19 heavy (non-hydrogen) atoms. The van der Waals surface area contributed by atoms with Gasteiger partial charge in [-0.05, 0) is 46.0 Å². The van der Waals surface area contributed by atoms with E-state index in [2.05, 4.69) is 5.32 Å². The van der Waals surface area contributed by atoms with Gasteiger partial charge in [-0.3, -0.25) is 9.59 Å². The van der Waals surface area contributed by atoms with Crippen molar-refractivity contribution < 1.29 is 19.4 Å². The van der Waals surface area contributed by atoms with Gasteiger partial charge in [-0.25, -0.2) is 0 Å². The van der Waals surface area contributed by atoms with Crippen LogP contribution in [0, 0.1) is 11.8 Å². The molecule has 2 aliphatic rings. The van der Waals surface area contributed by atoms with Gasteiger partial charge in [0.1, 0.15) is 0 Å². The molecular weight excluding hydrogens is 246 g/mol. The normalized spacial score (nSPS) is 33.9. The molecule has 0 spiro atoms. The summed E-state index contributed by atoms with van der Waals surface area (Å²) in [6.45, 7) is 4.73. The molecule has 108 valence electrons. The maximum absolute atomic E-state index is 12.1. The third-order valence-electron chi connectivity index (χ3n) is 4.20. The first-order valence-electron chi connectivity index (χ1n) is 7.04. The van der Waals surface area contributed by atoms with Gasteiger partial charge in [0.05, 0.1) is 11.5 Å². The summed E-state index contributed by atoms with van der Waals surface area (Å²) in [6, 6.07) is 0.153. The zero-order chi connectivity index (χ0) is 14.0. The lowest BCUT2D eigenvalue weighted by Gasteiger charge is -2.36. The van der Waals surface area contributed by atoms with Crippen LogP contribution in [0.15, 0.2) is 0 Å². The molecule has 0 radical (unpaired) electrons. The predicted molar refractivity (Wildman–Crippen MR) is 69.7 cm³/mol. The number of amides is 1. The van der Waals surface area contributed by atoms with Gasteiger partial charge < -0.3 is 15.2 Å². The Morgan fingerprint density at radius 3 is 2.47 bits per heavy atom. The highest BCUT2D eigenvalue weighted by atomic mass is 16.5. The van der Waals surface area contributed by atoms with Gasteiger partial charge in [0.15, 0.2) is 0 Å². The molecular formula is C14H23NO4. The number of aliphatic carboxylic acids is 1. The van der Waals surface area contributed by atoms with Crippen LogP contribution in [-0.4, -0.2) is 35.2 Å². The third kappa shape index (κ3) is 3.69. The Balaban J connectivity index is 1.83. The van der Waals surface area contributed by atoms with E-state index in [1.165, 1.54) is 0 Å². The smallest absolute Gasteiger partial charge is 0.306 e. The molecule has 0 aromatic heterocycles. The second kappa shape index (κ2) is 5.49. The summed E-state index contributed by atoms with van der Waals surface area (Å²) in [5.41, 5.74) is -0.185. The molecule has 1 heterocycles. The maximum atomic E-state index is 12.1. The Hall–Kier alpha value is -1.10. The molecule has 2 N–H and O–H groups in total. The summed E-state index contributed by atoms with van der Waals surface area (Å²) in [7, 11) is 0. The highest BCUT2D eigenvalue weighted by molar-refractivity contribution is 5.81. The Labute approximate surface area is 113 Å². The number of rotatable bonds is 3. The van der Waals surface area contributed by atoms with Crippen molar-refractivity contribution in [3.63, 3.8) is 0 Å². The second-order valence-electron chi connectivity index (χ2n) is 6.35. The lowest BCUT2D eigenvalue weighted by Crippen LogP contribution is -2.47. The lowest BCUT2D eigenvalue weighted by molar-refractivity contribution is -0.141. The van der Waals surface area contributed by atoms with E-state index < -0.39 is 5.97 Å². The van der Waals surface area contributed by atoms with Crippen LogP contribution in [0.5, 0.6) is 0 Å². The molecule has 1 amide bonds. The minimum Gasteiger partial charge on any atom is -0.481 e. The Morgan fingerprint density at radius 1 is 1.21 bits per heavy atom.